The van der Waals surface area contributed by atoms with E-state index in [0.717, 1.165) is 12.8 Å². The maximum Gasteiger partial charge on any atom is 0.410 e. The lowest BCUT2D eigenvalue weighted by molar-refractivity contribution is -0.148. The molecular formula is C17H28N2O5. The van der Waals surface area contributed by atoms with Crippen molar-refractivity contribution >= 4 is 18.0 Å². The van der Waals surface area contributed by atoms with Gasteiger partial charge in [0.15, 0.2) is 0 Å². The number of nitrogens with one attached hydrogen (secondary N) is 1. The molecule has 7 nitrogen and oxygen atoms in total. The smallest absolute Gasteiger partial charge is 0.410 e. The summed E-state index contributed by atoms with van der Waals surface area (Å²) in [5, 5.41) is 2.96. The van der Waals surface area contributed by atoms with Crippen molar-refractivity contribution in [2.45, 2.75) is 65.0 Å². The van der Waals surface area contributed by atoms with Gasteiger partial charge >= 0.3 is 12.1 Å². The summed E-state index contributed by atoms with van der Waals surface area (Å²) in [5.41, 5.74) is -1.09. The van der Waals surface area contributed by atoms with Gasteiger partial charge in [0.2, 0.25) is 5.91 Å². The fourth-order valence-corrected chi connectivity index (χ4v) is 3.71. The second-order valence-electron chi connectivity index (χ2n) is 7.36. The molecule has 2 amide bonds. The summed E-state index contributed by atoms with van der Waals surface area (Å²) in [6.07, 6.45) is 1.99. The lowest BCUT2D eigenvalue weighted by Crippen LogP contribution is -2.42. The van der Waals surface area contributed by atoms with Gasteiger partial charge in [0.1, 0.15) is 6.04 Å². The average Bonchev–Trinajstić information content (AvgIpc) is 2.97. The summed E-state index contributed by atoms with van der Waals surface area (Å²) in [4.78, 5) is 38.6. The second-order valence-corrected chi connectivity index (χ2v) is 7.36. The van der Waals surface area contributed by atoms with Crippen LogP contribution >= 0.6 is 0 Å². The normalized spacial score (nSPS) is 28.1. The summed E-state index contributed by atoms with van der Waals surface area (Å²) in [6, 6.07) is -0.765. The van der Waals surface area contributed by atoms with Gasteiger partial charge in [-0.05, 0) is 40.0 Å². The number of likely N-dealkylation sites (tertiary alicyclic amines) is 1. The number of amides is 2. The molecule has 2 heterocycles. The Morgan fingerprint density at radius 3 is 2.54 bits per heavy atom. The molecule has 0 radical (unpaired) electrons. The topological polar surface area (TPSA) is 84.9 Å². The van der Waals surface area contributed by atoms with Crippen molar-refractivity contribution in [3.05, 3.63) is 0 Å². The van der Waals surface area contributed by atoms with E-state index in [1.807, 2.05) is 20.8 Å². The maximum absolute atomic E-state index is 12.5. The molecule has 2 aliphatic heterocycles. The standard InChI is InChI=1S/C17H28N2O5/c1-5-7-8-24-15(22)19-11-17(9-12(19)13(20)23-6-2)10-16(3,4)18-14(17)21/h12H,5-11H2,1-4H3,(H,18,21)/t12-,17+/m0/s1. The number of carbonyl (C=O) groups excluding carboxylic acids is 3. The number of hydrogen-bond acceptors (Lipinski definition) is 5. The van der Waals surface area contributed by atoms with Gasteiger partial charge in [-0.2, -0.15) is 0 Å². The van der Waals surface area contributed by atoms with Crippen LogP contribution in [0.2, 0.25) is 0 Å². The molecule has 0 saturated carbocycles. The van der Waals surface area contributed by atoms with Crippen molar-refractivity contribution in [3.63, 3.8) is 0 Å². The third-order valence-electron chi connectivity index (χ3n) is 4.66. The number of nitrogens with zero attached hydrogens (tertiary/aromatic N) is 1. The fourth-order valence-electron chi connectivity index (χ4n) is 3.71. The monoisotopic (exact) mass is 340 g/mol. The van der Waals surface area contributed by atoms with Gasteiger partial charge in [-0.25, -0.2) is 9.59 Å². The van der Waals surface area contributed by atoms with E-state index in [1.54, 1.807) is 6.92 Å². The average molecular weight is 340 g/mol. The van der Waals surface area contributed by atoms with Crippen LogP contribution in [0.1, 0.15) is 53.4 Å². The molecule has 7 heteroatoms. The van der Waals surface area contributed by atoms with Crippen LogP contribution in [0.25, 0.3) is 0 Å². The van der Waals surface area contributed by atoms with Crippen LogP contribution < -0.4 is 5.32 Å². The molecule has 0 aromatic heterocycles. The number of hydrogen-bond donors (Lipinski definition) is 1. The minimum Gasteiger partial charge on any atom is -0.464 e. The Labute approximate surface area is 143 Å². The summed E-state index contributed by atoms with van der Waals surface area (Å²) < 4.78 is 10.4. The first-order chi connectivity index (χ1) is 11.2. The highest BCUT2D eigenvalue weighted by atomic mass is 16.6. The Balaban J connectivity index is 2.18. The molecular weight excluding hydrogens is 312 g/mol. The van der Waals surface area contributed by atoms with Crippen LogP contribution in [0.4, 0.5) is 4.79 Å². The predicted octanol–water partition coefficient (Wildman–Crippen LogP) is 1.85. The minimum atomic E-state index is -0.765. The van der Waals surface area contributed by atoms with Crippen molar-refractivity contribution < 1.29 is 23.9 Å². The number of ether oxygens (including phenoxy) is 2. The third-order valence-corrected chi connectivity index (χ3v) is 4.66. The molecule has 2 rings (SSSR count). The highest BCUT2D eigenvalue weighted by Gasteiger charge is 2.59. The number of unbranched alkanes of at least 4 members (excludes halogenated alkanes) is 1. The quantitative estimate of drug-likeness (QED) is 0.610. The summed E-state index contributed by atoms with van der Waals surface area (Å²) in [7, 11) is 0. The molecule has 136 valence electrons. The molecule has 2 aliphatic rings. The van der Waals surface area contributed by atoms with E-state index in [4.69, 9.17) is 9.47 Å². The van der Waals surface area contributed by atoms with Gasteiger partial charge in [0.05, 0.1) is 18.6 Å². The van der Waals surface area contributed by atoms with Gasteiger partial charge < -0.3 is 14.8 Å². The number of rotatable bonds is 5. The van der Waals surface area contributed by atoms with Crippen LogP contribution in [0.5, 0.6) is 0 Å². The zero-order valence-corrected chi connectivity index (χ0v) is 15.0. The molecule has 1 spiro atoms. The molecule has 0 aliphatic carbocycles. The van der Waals surface area contributed by atoms with E-state index in [1.165, 1.54) is 4.90 Å². The van der Waals surface area contributed by atoms with E-state index < -0.39 is 23.5 Å². The number of esters is 1. The third kappa shape index (κ3) is 3.65. The van der Waals surface area contributed by atoms with Crippen molar-refractivity contribution in [2.75, 3.05) is 19.8 Å². The van der Waals surface area contributed by atoms with Crippen molar-refractivity contribution in [2.24, 2.45) is 5.41 Å². The molecule has 2 atom stereocenters. The SMILES string of the molecule is CCCCOC(=O)N1C[C@@]2(C[C@H]1C(=O)OCC)CC(C)(C)NC2=O. The van der Waals surface area contributed by atoms with Crippen molar-refractivity contribution in [1.29, 1.82) is 0 Å². The van der Waals surface area contributed by atoms with Gasteiger partial charge in [-0.3, -0.25) is 9.69 Å². The van der Waals surface area contributed by atoms with Crippen LogP contribution in [0.3, 0.4) is 0 Å². The Bertz CT molecular complexity index is 519. The van der Waals surface area contributed by atoms with Crippen LogP contribution in [-0.4, -0.2) is 54.2 Å². The van der Waals surface area contributed by atoms with Gasteiger partial charge in [-0.1, -0.05) is 13.3 Å². The van der Waals surface area contributed by atoms with E-state index in [9.17, 15) is 14.4 Å². The Kier molecular flexibility index (Phi) is 5.40. The van der Waals surface area contributed by atoms with Crippen LogP contribution in [0.15, 0.2) is 0 Å². The number of carbonyl (C=O) groups is 3. The Morgan fingerprint density at radius 1 is 1.29 bits per heavy atom. The lowest BCUT2D eigenvalue weighted by Gasteiger charge is -2.23. The summed E-state index contributed by atoms with van der Waals surface area (Å²) in [6.45, 7) is 8.35. The van der Waals surface area contributed by atoms with E-state index in [-0.39, 0.29) is 31.0 Å². The van der Waals surface area contributed by atoms with Gasteiger partial charge in [-0.15, -0.1) is 0 Å². The summed E-state index contributed by atoms with van der Waals surface area (Å²) >= 11 is 0. The fraction of sp³-hybridized carbons (Fsp3) is 0.824. The zero-order valence-electron chi connectivity index (χ0n) is 15.0. The Morgan fingerprint density at radius 2 is 2.00 bits per heavy atom. The minimum absolute atomic E-state index is 0.106. The molecule has 2 saturated heterocycles. The first-order valence-corrected chi connectivity index (χ1v) is 8.67. The highest BCUT2D eigenvalue weighted by molar-refractivity contribution is 5.91. The van der Waals surface area contributed by atoms with Crippen LogP contribution in [-0.2, 0) is 19.1 Å². The van der Waals surface area contributed by atoms with E-state index >= 15 is 0 Å². The summed E-state index contributed by atoms with van der Waals surface area (Å²) in [5.74, 6) is -0.579. The molecule has 24 heavy (non-hydrogen) atoms. The largest absolute Gasteiger partial charge is 0.464 e. The van der Waals surface area contributed by atoms with Crippen LogP contribution in [0, 0.1) is 5.41 Å². The van der Waals surface area contributed by atoms with Crippen molar-refractivity contribution in [1.82, 2.24) is 10.2 Å². The first kappa shape index (κ1) is 18.5. The first-order valence-electron chi connectivity index (χ1n) is 8.67. The molecule has 0 bridgehead atoms. The van der Waals surface area contributed by atoms with Gasteiger partial charge in [0, 0.05) is 12.1 Å². The Hall–Kier alpha value is -1.79. The molecule has 0 aromatic carbocycles. The molecule has 1 N–H and O–H groups in total. The van der Waals surface area contributed by atoms with Crippen molar-refractivity contribution in [3.8, 4) is 0 Å². The molecule has 2 fully saturated rings. The van der Waals surface area contributed by atoms with E-state index in [2.05, 4.69) is 5.32 Å². The zero-order chi connectivity index (χ0) is 18.0. The molecule has 0 aromatic rings. The second kappa shape index (κ2) is 6.99. The predicted molar refractivity (Wildman–Crippen MR) is 87.3 cm³/mol. The molecule has 0 unspecified atom stereocenters. The lowest BCUT2D eigenvalue weighted by atomic mass is 9.79. The van der Waals surface area contributed by atoms with E-state index in [0.29, 0.717) is 13.0 Å². The maximum atomic E-state index is 12.5. The van der Waals surface area contributed by atoms with Gasteiger partial charge in [0.25, 0.3) is 0 Å². The highest BCUT2D eigenvalue weighted by Crippen LogP contribution is 2.46.